The lowest BCUT2D eigenvalue weighted by atomic mass is 10.2. The van der Waals surface area contributed by atoms with Crippen LogP contribution in [0.4, 0.5) is 5.82 Å². The van der Waals surface area contributed by atoms with Crippen LogP contribution in [0.2, 0.25) is 5.02 Å². The van der Waals surface area contributed by atoms with Crippen molar-refractivity contribution in [3.63, 3.8) is 0 Å². The number of hydrogen-bond acceptors (Lipinski definition) is 5. The molecule has 0 aliphatic carbocycles. The third kappa shape index (κ3) is 3.80. The van der Waals surface area contributed by atoms with E-state index in [4.69, 9.17) is 17.3 Å². The van der Waals surface area contributed by atoms with Crippen molar-refractivity contribution in [1.29, 1.82) is 0 Å². The second-order valence-corrected chi connectivity index (χ2v) is 7.09. The molecule has 1 saturated heterocycles. The summed E-state index contributed by atoms with van der Waals surface area (Å²) in [6.07, 6.45) is 0. The summed E-state index contributed by atoms with van der Waals surface area (Å²) in [5.41, 5.74) is 8.19. The lowest BCUT2D eigenvalue weighted by Crippen LogP contribution is -2.45. The number of halogens is 1. The van der Waals surface area contributed by atoms with Crippen molar-refractivity contribution in [1.82, 2.24) is 19.8 Å². The number of fused-ring (bicyclic) bond motifs is 1. The molecule has 0 spiro atoms. The van der Waals surface area contributed by atoms with Crippen molar-refractivity contribution in [3.05, 3.63) is 64.9 Å². The Morgan fingerprint density at radius 3 is 2.27 bits per heavy atom. The van der Waals surface area contributed by atoms with Gasteiger partial charge in [-0.05, 0) is 23.8 Å². The van der Waals surface area contributed by atoms with Crippen molar-refractivity contribution in [3.8, 4) is 0 Å². The van der Waals surface area contributed by atoms with Crippen LogP contribution in [0.5, 0.6) is 0 Å². The highest BCUT2D eigenvalue weighted by Crippen LogP contribution is 2.20. The summed E-state index contributed by atoms with van der Waals surface area (Å²) in [5, 5.41) is 1.76. The number of aromatic nitrogens is 2. The number of hydrogen-bond donors (Lipinski definition) is 1. The summed E-state index contributed by atoms with van der Waals surface area (Å²) in [4.78, 5) is 14.0. The van der Waals surface area contributed by atoms with E-state index in [0.29, 0.717) is 5.82 Å². The van der Waals surface area contributed by atoms with Gasteiger partial charge >= 0.3 is 0 Å². The fraction of sp³-hybridized carbons (Fsp3) is 0.300. The van der Waals surface area contributed by atoms with Crippen LogP contribution in [-0.2, 0) is 13.1 Å². The van der Waals surface area contributed by atoms with Crippen LogP contribution in [0, 0.1) is 0 Å². The van der Waals surface area contributed by atoms with E-state index in [2.05, 4.69) is 25.8 Å². The van der Waals surface area contributed by atoms with E-state index in [0.717, 1.165) is 61.0 Å². The highest BCUT2D eigenvalue weighted by atomic mass is 35.5. The van der Waals surface area contributed by atoms with Gasteiger partial charge in [0.15, 0.2) is 0 Å². The molecule has 0 radical (unpaired) electrons. The summed E-state index contributed by atoms with van der Waals surface area (Å²) >= 11 is 6.28. The second kappa shape index (κ2) is 7.58. The molecular weight excluding hydrogens is 346 g/mol. The van der Waals surface area contributed by atoms with Crippen LogP contribution in [0.3, 0.4) is 0 Å². The SMILES string of the molecule is Nc1nc(CN2CCN(Cc3ccccc3Cl)CC2)nc2ccccc12. The van der Waals surface area contributed by atoms with Gasteiger partial charge in [-0.3, -0.25) is 9.80 Å². The smallest absolute Gasteiger partial charge is 0.145 e. The van der Waals surface area contributed by atoms with Crippen LogP contribution in [0.1, 0.15) is 11.4 Å². The van der Waals surface area contributed by atoms with E-state index in [1.165, 1.54) is 5.56 Å². The van der Waals surface area contributed by atoms with E-state index in [9.17, 15) is 0 Å². The first kappa shape index (κ1) is 17.2. The average Bonchev–Trinajstić information content (AvgIpc) is 2.65. The molecule has 0 saturated carbocycles. The third-order valence-corrected chi connectivity index (χ3v) is 5.23. The van der Waals surface area contributed by atoms with Crippen molar-refractivity contribution in [2.45, 2.75) is 13.1 Å². The second-order valence-electron chi connectivity index (χ2n) is 6.69. The van der Waals surface area contributed by atoms with Gasteiger partial charge in [-0.2, -0.15) is 0 Å². The number of para-hydroxylation sites is 1. The minimum atomic E-state index is 0.558. The molecule has 3 aromatic rings. The minimum absolute atomic E-state index is 0.558. The lowest BCUT2D eigenvalue weighted by Gasteiger charge is -2.34. The number of nitrogens with zero attached hydrogens (tertiary/aromatic N) is 4. The maximum Gasteiger partial charge on any atom is 0.145 e. The number of anilines is 1. The molecule has 1 aromatic heterocycles. The lowest BCUT2D eigenvalue weighted by molar-refractivity contribution is 0.120. The Kier molecular flexibility index (Phi) is 5.02. The van der Waals surface area contributed by atoms with Crippen LogP contribution >= 0.6 is 11.6 Å². The molecule has 26 heavy (non-hydrogen) atoms. The Hall–Kier alpha value is -2.21. The number of rotatable bonds is 4. The summed E-state index contributed by atoms with van der Waals surface area (Å²) < 4.78 is 0. The Balaban J connectivity index is 1.37. The maximum atomic E-state index is 6.28. The molecule has 1 aliphatic heterocycles. The molecule has 0 amide bonds. The number of nitrogen functional groups attached to an aromatic ring is 1. The van der Waals surface area contributed by atoms with E-state index in [1.54, 1.807) is 0 Å². The molecule has 0 atom stereocenters. The van der Waals surface area contributed by atoms with Gasteiger partial charge in [-0.15, -0.1) is 0 Å². The van der Waals surface area contributed by atoms with E-state index in [1.807, 2.05) is 42.5 Å². The van der Waals surface area contributed by atoms with Crippen LogP contribution < -0.4 is 5.73 Å². The standard InChI is InChI=1S/C20H22ClN5/c21-17-7-3-1-5-15(17)13-25-9-11-26(12-10-25)14-19-23-18-8-4-2-6-16(18)20(22)24-19/h1-8H,9-14H2,(H2,22,23,24). The molecule has 5 nitrogen and oxygen atoms in total. The first-order chi connectivity index (χ1) is 12.7. The predicted octanol–water partition coefficient (Wildman–Crippen LogP) is 3.18. The fourth-order valence-corrected chi connectivity index (χ4v) is 3.59. The van der Waals surface area contributed by atoms with Crippen LogP contribution in [0.15, 0.2) is 48.5 Å². The maximum absolute atomic E-state index is 6.28. The van der Waals surface area contributed by atoms with E-state index < -0.39 is 0 Å². The Bertz CT molecular complexity index is 906. The predicted molar refractivity (Wildman–Crippen MR) is 106 cm³/mol. The van der Waals surface area contributed by atoms with Crippen LogP contribution in [0.25, 0.3) is 10.9 Å². The van der Waals surface area contributed by atoms with Gasteiger partial charge in [0, 0.05) is 43.1 Å². The number of nitrogens with two attached hydrogens (primary N) is 1. The summed E-state index contributed by atoms with van der Waals surface area (Å²) in [6, 6.07) is 15.9. The van der Waals surface area contributed by atoms with Gasteiger partial charge in [-0.25, -0.2) is 9.97 Å². The van der Waals surface area contributed by atoms with Crippen molar-refractivity contribution in [2.75, 3.05) is 31.9 Å². The molecule has 2 aromatic carbocycles. The highest BCUT2D eigenvalue weighted by Gasteiger charge is 2.19. The van der Waals surface area contributed by atoms with Crippen molar-refractivity contribution in [2.24, 2.45) is 0 Å². The quantitative estimate of drug-likeness (QED) is 0.767. The zero-order valence-electron chi connectivity index (χ0n) is 14.6. The number of piperazine rings is 1. The first-order valence-electron chi connectivity index (χ1n) is 8.88. The van der Waals surface area contributed by atoms with Gasteiger partial charge in [0.1, 0.15) is 11.6 Å². The summed E-state index contributed by atoms with van der Waals surface area (Å²) in [7, 11) is 0. The molecule has 4 rings (SSSR count). The van der Waals surface area contributed by atoms with Crippen molar-refractivity contribution >= 4 is 28.3 Å². The van der Waals surface area contributed by atoms with E-state index in [-0.39, 0.29) is 0 Å². The van der Waals surface area contributed by atoms with Crippen LogP contribution in [-0.4, -0.2) is 45.9 Å². The molecular formula is C20H22ClN5. The third-order valence-electron chi connectivity index (χ3n) is 4.86. The Labute approximate surface area is 158 Å². The van der Waals surface area contributed by atoms with Gasteiger partial charge in [-0.1, -0.05) is 41.9 Å². The molecule has 0 unspecified atom stereocenters. The topological polar surface area (TPSA) is 58.3 Å². The van der Waals surface area contributed by atoms with Crippen molar-refractivity contribution < 1.29 is 0 Å². The molecule has 6 heteroatoms. The fourth-order valence-electron chi connectivity index (χ4n) is 3.39. The van der Waals surface area contributed by atoms with Gasteiger partial charge in [0.25, 0.3) is 0 Å². The molecule has 1 aliphatic rings. The average molecular weight is 368 g/mol. The molecule has 0 bridgehead atoms. The molecule has 2 heterocycles. The summed E-state index contributed by atoms with van der Waals surface area (Å²) in [6.45, 7) is 5.62. The normalized spacial score (nSPS) is 16.2. The zero-order chi connectivity index (χ0) is 17.9. The molecule has 1 fully saturated rings. The first-order valence-corrected chi connectivity index (χ1v) is 9.26. The monoisotopic (exact) mass is 367 g/mol. The van der Waals surface area contributed by atoms with Gasteiger partial charge in [0.2, 0.25) is 0 Å². The van der Waals surface area contributed by atoms with Gasteiger partial charge in [0.05, 0.1) is 12.1 Å². The summed E-state index contributed by atoms with van der Waals surface area (Å²) in [5.74, 6) is 1.35. The number of benzene rings is 2. The van der Waals surface area contributed by atoms with E-state index >= 15 is 0 Å². The van der Waals surface area contributed by atoms with Gasteiger partial charge < -0.3 is 5.73 Å². The highest BCUT2D eigenvalue weighted by molar-refractivity contribution is 6.31. The minimum Gasteiger partial charge on any atom is -0.383 e. The Morgan fingerprint density at radius 2 is 1.50 bits per heavy atom. The molecule has 2 N–H and O–H groups in total. The molecule has 134 valence electrons. The largest absolute Gasteiger partial charge is 0.383 e. The zero-order valence-corrected chi connectivity index (χ0v) is 15.4. The Morgan fingerprint density at radius 1 is 0.846 bits per heavy atom.